The Morgan fingerprint density at radius 2 is 1.34 bits per heavy atom. The molecule has 5 heterocycles. The van der Waals surface area contributed by atoms with Crippen LogP contribution in [0.2, 0.25) is 13.1 Å². The highest BCUT2D eigenvalue weighted by Gasteiger charge is 2.50. The van der Waals surface area contributed by atoms with E-state index >= 15 is 0 Å². The molecule has 5 heteroatoms. The van der Waals surface area contributed by atoms with Crippen molar-refractivity contribution in [2.24, 2.45) is 0 Å². The topological polar surface area (TPSA) is 21.3 Å². The van der Waals surface area contributed by atoms with E-state index in [1.165, 1.54) is 92.8 Å². The van der Waals surface area contributed by atoms with Gasteiger partial charge >= 0.3 is 6.85 Å². The maximum absolute atomic E-state index is 6.94. The second-order valence-corrected chi connectivity index (χ2v) is 18.4. The fraction of sp³-hybridized carbons (Fsp3) is 0.0476. The lowest BCUT2D eigenvalue weighted by molar-refractivity contribution is 0.667. The van der Waals surface area contributed by atoms with Crippen LogP contribution in [0.3, 0.4) is 0 Å². The van der Waals surface area contributed by atoms with Gasteiger partial charge in [-0.15, -0.1) is 0 Å². The third-order valence-electron chi connectivity index (χ3n) is 11.5. The van der Waals surface area contributed by atoms with Gasteiger partial charge in [-0.1, -0.05) is 110 Å². The van der Waals surface area contributed by atoms with Crippen molar-refractivity contribution in [3.05, 3.63) is 127 Å². The van der Waals surface area contributed by atoms with Crippen LogP contribution in [0, 0.1) is 0 Å². The summed E-state index contributed by atoms with van der Waals surface area (Å²) < 4.78 is 9.49. The second-order valence-electron chi connectivity index (χ2n) is 14.1. The lowest BCUT2D eigenvalue weighted by Gasteiger charge is -2.49. The molecule has 0 fully saturated rings. The third-order valence-corrected chi connectivity index (χ3v) is 15.0. The van der Waals surface area contributed by atoms with Gasteiger partial charge in [0.05, 0.1) is 16.7 Å². The van der Waals surface area contributed by atoms with Gasteiger partial charge in [-0.25, -0.2) is 0 Å². The van der Waals surface area contributed by atoms with Crippen LogP contribution in [-0.2, 0) is 0 Å². The zero-order chi connectivity index (χ0) is 30.8. The molecule has 0 aliphatic carbocycles. The lowest BCUT2D eigenvalue weighted by atomic mass is 9.44. The van der Waals surface area contributed by atoms with Gasteiger partial charge < -0.3 is 13.8 Å². The minimum Gasteiger partial charge on any atom is -0.454 e. The van der Waals surface area contributed by atoms with E-state index in [-0.39, 0.29) is 6.85 Å². The predicted octanol–water partition coefficient (Wildman–Crippen LogP) is 8.21. The molecule has 0 N–H and O–H groups in total. The van der Waals surface area contributed by atoms with E-state index in [0.717, 1.165) is 11.2 Å². The van der Waals surface area contributed by atoms with Gasteiger partial charge in [-0.05, 0) is 68.0 Å². The monoisotopic (exact) mass is 614 g/mol. The summed E-state index contributed by atoms with van der Waals surface area (Å²) in [5, 5.41) is 10.5. The maximum atomic E-state index is 6.94. The van der Waals surface area contributed by atoms with E-state index in [9.17, 15) is 0 Å². The molecular weight excluding hydrogens is 587 g/mol. The van der Waals surface area contributed by atoms with Crippen LogP contribution in [0.4, 0.5) is 11.4 Å². The van der Waals surface area contributed by atoms with E-state index in [0.29, 0.717) is 0 Å². The molecule has 0 spiro atoms. The number of benzene rings is 7. The number of fused-ring (bicyclic) bond motifs is 14. The van der Waals surface area contributed by atoms with Crippen molar-refractivity contribution >= 4 is 102 Å². The van der Waals surface area contributed by atoms with Crippen molar-refractivity contribution < 1.29 is 4.42 Å². The maximum Gasteiger partial charge on any atom is 0.333 e. The van der Waals surface area contributed by atoms with E-state index in [4.69, 9.17) is 4.42 Å². The van der Waals surface area contributed by atoms with Gasteiger partial charge in [0.1, 0.15) is 13.7 Å². The Balaban J connectivity index is 1.36. The highest BCUT2D eigenvalue weighted by Crippen LogP contribution is 2.48. The molecule has 0 unspecified atom stereocenters. The van der Waals surface area contributed by atoms with Gasteiger partial charge in [0, 0.05) is 38.5 Å². The van der Waals surface area contributed by atoms with E-state index < -0.39 is 8.07 Å². The number of nitrogens with zero attached hydrogens (tertiary/aromatic N) is 2. The molecule has 12 rings (SSSR count). The van der Waals surface area contributed by atoms with Crippen LogP contribution in [0.25, 0.3) is 71.3 Å². The Morgan fingerprint density at radius 1 is 0.596 bits per heavy atom. The Hall–Kier alpha value is -5.52. The fourth-order valence-electron chi connectivity index (χ4n) is 9.50. The summed E-state index contributed by atoms with van der Waals surface area (Å²) in [5.41, 5.74) is 13.7. The van der Waals surface area contributed by atoms with Crippen LogP contribution in [0.1, 0.15) is 0 Å². The fourth-order valence-corrected chi connectivity index (χ4v) is 12.5. The van der Waals surface area contributed by atoms with Crippen molar-refractivity contribution in [3.63, 3.8) is 0 Å². The number of hydrogen-bond donors (Lipinski definition) is 0. The molecule has 218 valence electrons. The minimum absolute atomic E-state index is 0.00689. The zero-order valence-electron chi connectivity index (χ0n) is 26.0. The first-order valence-corrected chi connectivity index (χ1v) is 19.6. The highest BCUT2D eigenvalue weighted by molar-refractivity contribution is 7.05. The molecule has 0 saturated heterocycles. The van der Waals surface area contributed by atoms with Crippen molar-refractivity contribution in [1.82, 2.24) is 4.57 Å². The van der Waals surface area contributed by atoms with E-state index in [1.807, 2.05) is 0 Å². The summed E-state index contributed by atoms with van der Waals surface area (Å²) in [5.74, 6) is 0. The Labute approximate surface area is 272 Å². The molecule has 0 radical (unpaired) electrons. The molecule has 0 bridgehead atoms. The zero-order valence-corrected chi connectivity index (χ0v) is 27.0. The molecule has 7 aromatic carbocycles. The first-order valence-electron chi connectivity index (χ1n) is 16.6. The smallest absolute Gasteiger partial charge is 0.333 e. The standard InChI is InChI=1S/C42H27BN2OSi/c1-47(2)36-19-8-6-17-33(36)45-40-28(15-10-20-37(40)47)30-23-31-26-13-5-7-18-35(26)46-42(31)41-38(30)43(45)32-16-9-14-27-29-21-24-11-3-4-12-25(24)22-34(29)44(41)39(27)32/h3-23H,1-2H3. The molecule has 47 heavy (non-hydrogen) atoms. The Kier molecular flexibility index (Phi) is 4.23. The summed E-state index contributed by atoms with van der Waals surface area (Å²) in [7, 11) is -1.99. The van der Waals surface area contributed by atoms with Gasteiger partial charge in [0.15, 0.2) is 5.58 Å². The molecule has 2 aromatic heterocycles. The molecular formula is C42H27BN2OSi. The van der Waals surface area contributed by atoms with Crippen LogP contribution >= 0.6 is 0 Å². The quantitative estimate of drug-likeness (QED) is 0.161. The van der Waals surface area contributed by atoms with Crippen LogP contribution in [0.15, 0.2) is 132 Å². The van der Waals surface area contributed by atoms with Gasteiger partial charge in [-0.3, -0.25) is 0 Å². The summed E-state index contributed by atoms with van der Waals surface area (Å²) in [6.07, 6.45) is 0. The SMILES string of the molecule is C[Si]1(C)c2ccccc2N2B3c4c(cc5c(oc6ccccc65)c4-n4c5cc6ccccc6cc5c5cccc3c54)-c3cccc1c32. The van der Waals surface area contributed by atoms with E-state index in [2.05, 4.69) is 150 Å². The third kappa shape index (κ3) is 2.76. The first kappa shape index (κ1) is 24.7. The van der Waals surface area contributed by atoms with Crippen LogP contribution < -0.4 is 26.1 Å². The van der Waals surface area contributed by atoms with Crippen molar-refractivity contribution in [3.8, 4) is 16.8 Å². The van der Waals surface area contributed by atoms with Gasteiger partial charge in [-0.2, -0.15) is 0 Å². The van der Waals surface area contributed by atoms with Gasteiger partial charge in [0.25, 0.3) is 0 Å². The second kappa shape index (κ2) is 8.06. The number of anilines is 2. The summed E-state index contributed by atoms with van der Waals surface area (Å²) in [6.45, 7) is 5.06. The lowest BCUT2D eigenvalue weighted by Crippen LogP contribution is -2.68. The molecule has 3 aliphatic rings. The largest absolute Gasteiger partial charge is 0.454 e. The first-order chi connectivity index (χ1) is 23.1. The van der Waals surface area contributed by atoms with Crippen LogP contribution in [0.5, 0.6) is 0 Å². The Bertz CT molecular complexity index is 2910. The number of para-hydroxylation sites is 4. The van der Waals surface area contributed by atoms with Crippen molar-refractivity contribution in [1.29, 1.82) is 0 Å². The highest BCUT2D eigenvalue weighted by atomic mass is 28.3. The van der Waals surface area contributed by atoms with Gasteiger partial charge in [0.2, 0.25) is 0 Å². The Morgan fingerprint density at radius 3 is 2.26 bits per heavy atom. The minimum atomic E-state index is -1.99. The molecule has 9 aromatic rings. The summed E-state index contributed by atoms with van der Waals surface area (Å²) in [4.78, 5) is 2.70. The van der Waals surface area contributed by atoms with Crippen LogP contribution in [-0.4, -0.2) is 19.5 Å². The van der Waals surface area contributed by atoms with E-state index in [1.54, 1.807) is 0 Å². The number of furan rings is 1. The van der Waals surface area contributed by atoms with Crippen molar-refractivity contribution in [2.75, 3.05) is 4.81 Å². The number of rotatable bonds is 0. The number of aromatic nitrogens is 1. The molecule has 3 aliphatic heterocycles. The molecule has 3 nitrogen and oxygen atoms in total. The molecule has 0 amide bonds. The summed E-state index contributed by atoms with van der Waals surface area (Å²) in [6, 6.07) is 47.8. The molecule has 0 saturated carbocycles. The average molecular weight is 615 g/mol. The average Bonchev–Trinajstić information content (AvgIpc) is 3.64. The molecule has 0 atom stereocenters. The predicted molar refractivity (Wildman–Crippen MR) is 201 cm³/mol. The van der Waals surface area contributed by atoms with Crippen molar-refractivity contribution in [2.45, 2.75) is 13.1 Å². The normalized spacial score (nSPS) is 15.1. The summed E-state index contributed by atoms with van der Waals surface area (Å²) >= 11 is 0. The number of hydrogen-bond acceptors (Lipinski definition) is 2.